The fourth-order valence-corrected chi connectivity index (χ4v) is 3.83. The summed E-state index contributed by atoms with van der Waals surface area (Å²) in [5, 5.41) is 7.43. The van der Waals surface area contributed by atoms with Crippen molar-refractivity contribution < 1.29 is 4.21 Å². The maximum absolute atomic E-state index is 12.1. The first-order valence-electron chi connectivity index (χ1n) is 7.99. The third kappa shape index (κ3) is 8.77. The Labute approximate surface area is 173 Å². The minimum Gasteiger partial charge on any atom is -0.357 e. The highest BCUT2D eigenvalue weighted by Gasteiger charge is 2.04. The van der Waals surface area contributed by atoms with Gasteiger partial charge in [-0.25, -0.2) is 9.98 Å². The molecule has 5 nitrogen and oxygen atoms in total. The average molecular weight is 492 g/mol. The normalized spacial score (nSPS) is 12.3. The van der Waals surface area contributed by atoms with Crippen LogP contribution in [-0.4, -0.2) is 34.0 Å². The first-order valence-corrected chi connectivity index (χ1v) is 10.3. The molecule has 1 heterocycles. The van der Waals surface area contributed by atoms with Gasteiger partial charge in [-0.1, -0.05) is 30.3 Å². The number of guanidine groups is 1. The lowest BCUT2D eigenvalue weighted by Gasteiger charge is -2.10. The summed E-state index contributed by atoms with van der Waals surface area (Å²) in [6.45, 7) is 6.04. The Morgan fingerprint density at radius 2 is 2.04 bits per heavy atom. The third-order valence-corrected chi connectivity index (χ3v) is 5.39. The maximum atomic E-state index is 12.1. The molecule has 1 unspecified atom stereocenters. The molecule has 2 rings (SSSR count). The molecular formula is C17H25IN4OS2. The fourth-order valence-electron chi connectivity index (χ4n) is 2.08. The van der Waals surface area contributed by atoms with Gasteiger partial charge < -0.3 is 10.6 Å². The molecule has 0 aliphatic carbocycles. The van der Waals surface area contributed by atoms with Crippen LogP contribution in [-0.2, 0) is 23.1 Å². The van der Waals surface area contributed by atoms with Crippen LogP contribution in [0.4, 0.5) is 0 Å². The molecule has 0 saturated carbocycles. The zero-order valence-corrected chi connectivity index (χ0v) is 18.5. The van der Waals surface area contributed by atoms with Crippen molar-refractivity contribution in [2.24, 2.45) is 4.99 Å². The number of nitrogens with one attached hydrogen (secondary N) is 2. The van der Waals surface area contributed by atoms with E-state index in [-0.39, 0.29) is 24.0 Å². The van der Waals surface area contributed by atoms with Crippen molar-refractivity contribution in [1.29, 1.82) is 0 Å². The summed E-state index contributed by atoms with van der Waals surface area (Å²) >= 11 is 1.66. The van der Waals surface area contributed by atoms with E-state index in [4.69, 9.17) is 0 Å². The molecule has 0 amide bonds. The summed E-state index contributed by atoms with van der Waals surface area (Å²) in [4.78, 5) is 10.0. The van der Waals surface area contributed by atoms with Crippen LogP contribution < -0.4 is 10.6 Å². The average Bonchev–Trinajstić information content (AvgIpc) is 2.99. The number of benzene rings is 1. The van der Waals surface area contributed by atoms with Gasteiger partial charge in [0.05, 0.1) is 6.54 Å². The molecule has 1 atom stereocenters. The van der Waals surface area contributed by atoms with Crippen molar-refractivity contribution in [2.75, 3.05) is 18.8 Å². The SMILES string of the molecule is CCNC(=NCc1ncc(C)s1)NCCS(=O)Cc1ccccc1.I. The molecule has 2 aromatic rings. The number of halogens is 1. The maximum Gasteiger partial charge on any atom is 0.191 e. The van der Waals surface area contributed by atoms with E-state index < -0.39 is 10.8 Å². The van der Waals surface area contributed by atoms with Crippen LogP contribution in [0.25, 0.3) is 0 Å². The Hall–Kier alpha value is -1.000. The molecule has 0 aliphatic rings. The van der Waals surface area contributed by atoms with Gasteiger partial charge in [0, 0.05) is 46.5 Å². The van der Waals surface area contributed by atoms with E-state index in [2.05, 4.69) is 20.6 Å². The largest absolute Gasteiger partial charge is 0.357 e. The molecule has 8 heteroatoms. The van der Waals surface area contributed by atoms with Crippen molar-refractivity contribution in [3.05, 3.63) is 52.0 Å². The van der Waals surface area contributed by atoms with E-state index >= 15 is 0 Å². The summed E-state index contributed by atoms with van der Waals surface area (Å²) < 4.78 is 12.1. The number of aliphatic imine (C=N–C) groups is 1. The Morgan fingerprint density at radius 1 is 1.28 bits per heavy atom. The molecule has 25 heavy (non-hydrogen) atoms. The van der Waals surface area contributed by atoms with Gasteiger partial charge in [-0.15, -0.1) is 35.3 Å². The molecule has 1 aromatic carbocycles. The number of rotatable bonds is 8. The monoisotopic (exact) mass is 492 g/mol. The van der Waals surface area contributed by atoms with Gasteiger partial charge in [0.1, 0.15) is 5.01 Å². The van der Waals surface area contributed by atoms with Crippen LogP contribution in [0.15, 0.2) is 41.5 Å². The number of aromatic nitrogens is 1. The smallest absolute Gasteiger partial charge is 0.191 e. The summed E-state index contributed by atoms with van der Waals surface area (Å²) in [6, 6.07) is 9.93. The second-order valence-electron chi connectivity index (χ2n) is 5.26. The van der Waals surface area contributed by atoms with Crippen molar-refractivity contribution in [1.82, 2.24) is 15.6 Å². The van der Waals surface area contributed by atoms with E-state index in [1.165, 1.54) is 4.88 Å². The van der Waals surface area contributed by atoms with E-state index in [0.717, 1.165) is 23.1 Å². The molecule has 1 aromatic heterocycles. The van der Waals surface area contributed by atoms with Gasteiger partial charge in [0.25, 0.3) is 0 Å². The van der Waals surface area contributed by atoms with Gasteiger partial charge in [0.15, 0.2) is 5.96 Å². The van der Waals surface area contributed by atoms with Gasteiger partial charge in [0.2, 0.25) is 0 Å². The van der Waals surface area contributed by atoms with Crippen molar-refractivity contribution in [3.8, 4) is 0 Å². The van der Waals surface area contributed by atoms with Crippen LogP contribution >= 0.6 is 35.3 Å². The van der Waals surface area contributed by atoms with E-state index in [0.29, 0.717) is 24.6 Å². The molecule has 0 aliphatic heterocycles. The number of thiazole rings is 1. The van der Waals surface area contributed by atoms with Crippen LogP contribution in [0, 0.1) is 6.92 Å². The minimum atomic E-state index is -0.884. The van der Waals surface area contributed by atoms with Crippen molar-refractivity contribution >= 4 is 52.1 Å². The number of hydrogen-bond acceptors (Lipinski definition) is 4. The molecule has 0 saturated heterocycles. The first-order chi connectivity index (χ1) is 11.7. The van der Waals surface area contributed by atoms with Gasteiger partial charge >= 0.3 is 0 Å². The summed E-state index contributed by atoms with van der Waals surface area (Å²) in [5.41, 5.74) is 1.11. The Bertz CT molecular complexity index is 676. The van der Waals surface area contributed by atoms with Gasteiger partial charge in [-0.3, -0.25) is 4.21 Å². The number of hydrogen-bond donors (Lipinski definition) is 2. The third-order valence-electron chi connectivity index (χ3n) is 3.18. The lowest BCUT2D eigenvalue weighted by atomic mass is 10.2. The van der Waals surface area contributed by atoms with Crippen LogP contribution in [0.2, 0.25) is 0 Å². The Balaban J connectivity index is 0.00000312. The summed E-state index contributed by atoms with van der Waals surface area (Å²) in [6.07, 6.45) is 1.86. The second kappa shape index (κ2) is 12.4. The quantitative estimate of drug-likeness (QED) is 0.338. The van der Waals surface area contributed by atoms with Crippen LogP contribution in [0.5, 0.6) is 0 Å². The highest BCUT2D eigenvalue weighted by molar-refractivity contribution is 14.0. The zero-order chi connectivity index (χ0) is 17.2. The van der Waals surface area contributed by atoms with Crippen LogP contribution in [0.3, 0.4) is 0 Å². The molecular weight excluding hydrogens is 467 g/mol. The van der Waals surface area contributed by atoms with Gasteiger partial charge in [-0.05, 0) is 19.4 Å². The van der Waals surface area contributed by atoms with Crippen LogP contribution in [0.1, 0.15) is 22.4 Å². The van der Waals surface area contributed by atoms with E-state index in [1.54, 1.807) is 11.3 Å². The lowest BCUT2D eigenvalue weighted by Crippen LogP contribution is -2.39. The van der Waals surface area contributed by atoms with Gasteiger partial charge in [-0.2, -0.15) is 0 Å². The molecule has 138 valence electrons. The fraction of sp³-hybridized carbons (Fsp3) is 0.412. The molecule has 2 N–H and O–H groups in total. The van der Waals surface area contributed by atoms with Crippen molar-refractivity contribution in [3.63, 3.8) is 0 Å². The Kier molecular flexibility index (Phi) is 10.9. The summed E-state index contributed by atoms with van der Waals surface area (Å²) in [7, 11) is -0.884. The highest BCUT2D eigenvalue weighted by atomic mass is 127. The van der Waals surface area contributed by atoms with E-state index in [1.807, 2.05) is 50.4 Å². The lowest BCUT2D eigenvalue weighted by molar-refractivity contribution is 0.680. The molecule has 0 fully saturated rings. The minimum absolute atomic E-state index is 0. The number of nitrogens with zero attached hydrogens (tertiary/aromatic N) is 2. The standard InChI is InChI=1S/C17H24N4OS2.HI/c1-3-18-17(21-12-16-20-11-14(2)23-16)19-9-10-24(22)13-15-7-5-4-6-8-15;/h4-8,11H,3,9-10,12-13H2,1-2H3,(H2,18,19,21);1H. The second-order valence-corrected chi connectivity index (χ2v) is 8.16. The summed E-state index contributed by atoms with van der Waals surface area (Å²) in [5.74, 6) is 1.92. The van der Waals surface area contributed by atoms with Crippen molar-refractivity contribution in [2.45, 2.75) is 26.1 Å². The molecule has 0 bridgehead atoms. The first kappa shape index (κ1) is 22.0. The highest BCUT2D eigenvalue weighted by Crippen LogP contribution is 2.11. The predicted octanol–water partition coefficient (Wildman–Crippen LogP) is 3.07. The Morgan fingerprint density at radius 3 is 2.68 bits per heavy atom. The van der Waals surface area contributed by atoms with E-state index in [9.17, 15) is 4.21 Å². The zero-order valence-electron chi connectivity index (χ0n) is 14.5. The molecule has 0 radical (unpaired) electrons. The topological polar surface area (TPSA) is 66.4 Å². The number of aryl methyl sites for hydroxylation is 1. The predicted molar refractivity (Wildman–Crippen MR) is 118 cm³/mol. The molecule has 0 spiro atoms.